The molecule has 0 bridgehead atoms. The van der Waals surface area contributed by atoms with Crippen LogP contribution >= 0.6 is 0 Å². The lowest BCUT2D eigenvalue weighted by molar-refractivity contribution is -0.376. The number of hydrogen-bond acceptors (Lipinski definition) is 19. The van der Waals surface area contributed by atoms with Crippen molar-refractivity contribution in [3.05, 3.63) is 46.6 Å². The molecule has 0 saturated carbocycles. The van der Waals surface area contributed by atoms with Crippen molar-refractivity contribution in [1.29, 1.82) is 0 Å². The summed E-state index contributed by atoms with van der Waals surface area (Å²) in [6.07, 6.45) is -24.1. The maximum atomic E-state index is 13.1. The minimum absolute atomic E-state index is 0.000242. The molecule has 0 aliphatic carbocycles. The third-order valence-electron chi connectivity index (χ3n) is 9.50. The summed E-state index contributed by atoms with van der Waals surface area (Å²) in [5.41, 5.74) is -0.543. The molecule has 10 N–H and O–H groups in total. The van der Waals surface area contributed by atoms with Crippen LogP contribution in [0.2, 0.25) is 0 Å². The van der Waals surface area contributed by atoms with Crippen LogP contribution in [0.15, 0.2) is 45.6 Å². The molecule has 0 unspecified atom stereocenters. The quantitative estimate of drug-likeness (QED) is 0.110. The molecule has 292 valence electrons. The first-order valence-electron chi connectivity index (χ1n) is 16.6. The Morgan fingerprint density at radius 2 is 1.28 bits per heavy atom. The third kappa shape index (κ3) is 7.54. The van der Waals surface area contributed by atoms with Crippen LogP contribution in [0, 0.1) is 0 Å². The van der Waals surface area contributed by atoms with Gasteiger partial charge in [0.05, 0.1) is 25.9 Å². The predicted octanol–water partition coefficient (Wildman–Crippen LogP) is -2.24. The molecule has 19 heteroatoms. The molecule has 6 rings (SSSR count). The van der Waals surface area contributed by atoms with Gasteiger partial charge < -0.3 is 88.6 Å². The van der Waals surface area contributed by atoms with Gasteiger partial charge in [-0.15, -0.1) is 0 Å². The maximum Gasteiger partial charge on any atom is 0.229 e. The third-order valence-corrected chi connectivity index (χ3v) is 9.50. The highest BCUT2D eigenvalue weighted by atomic mass is 16.8. The summed E-state index contributed by atoms with van der Waals surface area (Å²) in [7, 11) is 1.36. The number of rotatable bonds is 9. The Kier molecular flexibility index (Phi) is 11.5. The molecule has 0 amide bonds. The van der Waals surface area contributed by atoms with Crippen LogP contribution in [-0.4, -0.2) is 157 Å². The minimum Gasteiger partial charge on any atom is -0.507 e. The topological polar surface area (TPSA) is 297 Å². The first-order valence-corrected chi connectivity index (χ1v) is 16.6. The molecule has 3 fully saturated rings. The number of aliphatic hydroxyl groups excluding tert-OH is 8. The van der Waals surface area contributed by atoms with Crippen LogP contribution in [-0.2, 0) is 23.7 Å². The van der Waals surface area contributed by atoms with E-state index in [-0.39, 0.29) is 39.5 Å². The van der Waals surface area contributed by atoms with Crippen molar-refractivity contribution in [2.45, 2.75) is 106 Å². The Morgan fingerprint density at radius 1 is 0.679 bits per heavy atom. The zero-order valence-electron chi connectivity index (χ0n) is 28.5. The zero-order valence-corrected chi connectivity index (χ0v) is 28.5. The van der Waals surface area contributed by atoms with Crippen molar-refractivity contribution in [3.63, 3.8) is 0 Å². The summed E-state index contributed by atoms with van der Waals surface area (Å²) in [5.74, 6) is -0.866. The largest absolute Gasteiger partial charge is 0.507 e. The Morgan fingerprint density at radius 3 is 1.85 bits per heavy atom. The highest BCUT2D eigenvalue weighted by molar-refractivity contribution is 5.86. The van der Waals surface area contributed by atoms with Crippen LogP contribution in [0.3, 0.4) is 0 Å². The number of aliphatic hydroxyl groups is 8. The van der Waals surface area contributed by atoms with Gasteiger partial charge in [0.2, 0.25) is 6.29 Å². The summed E-state index contributed by atoms with van der Waals surface area (Å²) in [6, 6.07) is 7.63. The number of ether oxygens (including phenoxy) is 7. The van der Waals surface area contributed by atoms with Crippen LogP contribution in [0.25, 0.3) is 22.3 Å². The van der Waals surface area contributed by atoms with E-state index in [1.807, 2.05) is 0 Å². The van der Waals surface area contributed by atoms with Gasteiger partial charge in [-0.2, -0.15) is 0 Å². The molecule has 3 aliphatic heterocycles. The fourth-order valence-corrected chi connectivity index (χ4v) is 6.44. The lowest BCUT2D eigenvalue weighted by Crippen LogP contribution is -2.66. The minimum atomic E-state index is -1.89. The van der Waals surface area contributed by atoms with Gasteiger partial charge in [-0.1, -0.05) is 0 Å². The van der Waals surface area contributed by atoms with E-state index in [2.05, 4.69) is 0 Å². The first kappa shape index (κ1) is 39.0. The molecule has 19 nitrogen and oxygen atoms in total. The zero-order chi connectivity index (χ0) is 38.5. The van der Waals surface area contributed by atoms with Gasteiger partial charge >= 0.3 is 0 Å². The normalized spacial score (nSPS) is 37.8. The second kappa shape index (κ2) is 15.6. The van der Waals surface area contributed by atoms with Gasteiger partial charge in [-0.3, -0.25) is 4.79 Å². The molecule has 0 spiro atoms. The van der Waals surface area contributed by atoms with Gasteiger partial charge in [-0.05, 0) is 32.0 Å². The average Bonchev–Trinajstić information content (AvgIpc) is 3.12. The number of methoxy groups -OCH3 is 1. The Balaban J connectivity index is 1.34. The molecule has 53 heavy (non-hydrogen) atoms. The number of fused-ring (bicyclic) bond motifs is 1. The average molecular weight is 755 g/mol. The fourth-order valence-electron chi connectivity index (χ4n) is 6.44. The summed E-state index contributed by atoms with van der Waals surface area (Å²) in [6.45, 7) is 1.95. The lowest BCUT2D eigenvalue weighted by atomic mass is 9.96. The smallest absolute Gasteiger partial charge is 0.229 e. The second-order valence-corrected chi connectivity index (χ2v) is 13.1. The van der Waals surface area contributed by atoms with Gasteiger partial charge in [0.15, 0.2) is 35.6 Å². The Bertz CT molecular complexity index is 1800. The molecule has 0 radical (unpaired) electrons. The number of hydrogen-bond donors (Lipinski definition) is 10. The highest BCUT2D eigenvalue weighted by Gasteiger charge is 2.54. The van der Waals surface area contributed by atoms with E-state index < -0.39 is 110 Å². The number of benzene rings is 2. The standard InChI is InChI=1S/C34H42O19/c1-11-23(39)25(41)27(43)32(47-11)52-30-21(10-35)51-34(31(29(30)45)53-33-28(44)26(42)24(40)12(2)48-33)49-14-7-16(37)22-17(38)9-19(50-20(22)8-14)13-4-5-18(46-3)15(36)6-13/h4-9,11-12,21,23-37,39-45H,10H2,1-3H3/t11-,12-,21-,23+,24+,25+,26+,27-,28-,29+,30-,31+,32+,33+,34-/m1/s1. The van der Waals surface area contributed by atoms with Crippen molar-refractivity contribution in [3.8, 4) is 34.3 Å². The SMILES string of the molecule is COc1ccc(-c2cc(=O)c3c(O)cc(O[C@@H]4O[C@H](CO)[C@@H](O[C@@H]5O[C@H](C)[C@H](O)[C@H](O)[C@H]5O)[C@H](O)[C@@H]4O[C@@H]4O[C@H](C)[C@H](O)[C@H](O)[C@H]4O)cc3o2)cc1O. The van der Waals surface area contributed by atoms with E-state index in [4.69, 9.17) is 37.6 Å². The molecule has 3 saturated heterocycles. The van der Waals surface area contributed by atoms with Gasteiger partial charge in [0.25, 0.3) is 0 Å². The van der Waals surface area contributed by atoms with Crippen LogP contribution in [0.5, 0.6) is 23.0 Å². The van der Waals surface area contributed by atoms with Crippen LogP contribution in [0.1, 0.15) is 13.8 Å². The van der Waals surface area contributed by atoms with E-state index in [1.54, 1.807) is 0 Å². The van der Waals surface area contributed by atoms with Crippen LogP contribution in [0.4, 0.5) is 0 Å². The molecule has 3 aliphatic rings. The molecular formula is C34H42O19. The van der Waals surface area contributed by atoms with Crippen molar-refractivity contribution in [2.24, 2.45) is 0 Å². The van der Waals surface area contributed by atoms with Crippen molar-refractivity contribution >= 4 is 11.0 Å². The van der Waals surface area contributed by atoms with E-state index in [0.717, 1.165) is 12.1 Å². The maximum absolute atomic E-state index is 13.1. The number of phenols is 2. The van der Waals surface area contributed by atoms with Crippen molar-refractivity contribution < 1.29 is 88.6 Å². The summed E-state index contributed by atoms with van der Waals surface area (Å²) in [5, 5.41) is 105. The van der Waals surface area contributed by atoms with Gasteiger partial charge in [0.1, 0.15) is 83.2 Å². The monoisotopic (exact) mass is 754 g/mol. The van der Waals surface area contributed by atoms with Gasteiger partial charge in [0, 0.05) is 23.8 Å². The summed E-state index contributed by atoms with van der Waals surface area (Å²) < 4.78 is 45.7. The lowest BCUT2D eigenvalue weighted by Gasteiger charge is -2.48. The van der Waals surface area contributed by atoms with Crippen molar-refractivity contribution in [2.75, 3.05) is 13.7 Å². The Hall–Kier alpha value is -3.67. The van der Waals surface area contributed by atoms with Crippen molar-refractivity contribution in [1.82, 2.24) is 0 Å². The molecular weight excluding hydrogens is 712 g/mol. The molecule has 1 aromatic heterocycles. The molecule has 2 aromatic carbocycles. The Labute approximate surface area is 300 Å². The van der Waals surface area contributed by atoms with Gasteiger partial charge in [-0.25, -0.2) is 0 Å². The number of phenolic OH excluding ortho intramolecular Hbond substituents is 2. The molecule has 15 atom stereocenters. The number of aromatic hydroxyl groups is 2. The molecule has 3 aromatic rings. The molecule has 4 heterocycles. The van der Waals surface area contributed by atoms with E-state index >= 15 is 0 Å². The summed E-state index contributed by atoms with van der Waals surface area (Å²) >= 11 is 0. The highest BCUT2D eigenvalue weighted by Crippen LogP contribution is 2.37. The first-order chi connectivity index (χ1) is 25.1. The predicted molar refractivity (Wildman–Crippen MR) is 175 cm³/mol. The van der Waals surface area contributed by atoms with Crippen LogP contribution < -0.4 is 14.9 Å². The second-order valence-electron chi connectivity index (χ2n) is 13.1. The van der Waals surface area contributed by atoms with E-state index in [0.29, 0.717) is 0 Å². The summed E-state index contributed by atoms with van der Waals surface area (Å²) in [4.78, 5) is 13.1. The van der Waals surface area contributed by atoms with E-state index in [9.17, 15) is 55.9 Å². The van der Waals surface area contributed by atoms with E-state index in [1.165, 1.54) is 45.2 Å². The fraction of sp³-hybridized carbons (Fsp3) is 0.559.